The van der Waals surface area contributed by atoms with Crippen LogP contribution in [0.15, 0.2) is 126 Å². The Morgan fingerprint density at radius 3 is 2.41 bits per heavy atom. The lowest BCUT2D eigenvalue weighted by molar-refractivity contribution is -0.0190. The summed E-state index contributed by atoms with van der Waals surface area (Å²) in [6, 6.07) is 41.8. The second-order valence-corrected chi connectivity index (χ2v) is 9.52. The van der Waals surface area contributed by atoms with Gasteiger partial charge in [-0.25, -0.2) is 5.01 Å². The Morgan fingerprint density at radius 1 is 0.757 bits per heavy atom. The number of fused-ring (bicyclic) bond motifs is 4. The molecule has 180 valence electrons. The van der Waals surface area contributed by atoms with Gasteiger partial charge < -0.3 is 9.47 Å². The third kappa shape index (κ3) is 4.01. The highest BCUT2D eigenvalue weighted by Gasteiger charge is 2.41. The molecule has 37 heavy (non-hydrogen) atoms. The summed E-state index contributed by atoms with van der Waals surface area (Å²) >= 11 is 0. The van der Waals surface area contributed by atoms with Crippen LogP contribution in [0.1, 0.15) is 40.9 Å². The second-order valence-electron chi connectivity index (χ2n) is 9.52. The van der Waals surface area contributed by atoms with Gasteiger partial charge in [0.2, 0.25) is 6.23 Å². The van der Waals surface area contributed by atoms with Crippen LogP contribution in [0.4, 0.5) is 0 Å². The first-order valence-electron chi connectivity index (χ1n) is 12.7. The molecule has 0 fully saturated rings. The molecule has 7 rings (SSSR count). The van der Waals surface area contributed by atoms with Crippen molar-refractivity contribution < 1.29 is 9.47 Å². The summed E-state index contributed by atoms with van der Waals surface area (Å²) in [4.78, 5) is 0. The molecule has 2 atom stereocenters. The molecule has 2 aliphatic rings. The van der Waals surface area contributed by atoms with E-state index in [0.29, 0.717) is 6.61 Å². The molecule has 4 heteroatoms. The van der Waals surface area contributed by atoms with Gasteiger partial charge in [-0.05, 0) is 46.7 Å². The Balaban J connectivity index is 1.21. The van der Waals surface area contributed by atoms with E-state index in [1.807, 2.05) is 36.4 Å². The third-order valence-electron chi connectivity index (χ3n) is 7.21. The van der Waals surface area contributed by atoms with Crippen LogP contribution in [-0.2, 0) is 6.61 Å². The molecule has 2 heterocycles. The molecule has 2 aliphatic heterocycles. The van der Waals surface area contributed by atoms with E-state index < -0.39 is 0 Å². The van der Waals surface area contributed by atoms with E-state index in [2.05, 4.69) is 89.9 Å². The van der Waals surface area contributed by atoms with E-state index in [0.717, 1.165) is 34.8 Å². The van der Waals surface area contributed by atoms with Gasteiger partial charge in [-0.1, -0.05) is 91.0 Å². The lowest BCUT2D eigenvalue weighted by Crippen LogP contribution is -2.33. The van der Waals surface area contributed by atoms with Crippen LogP contribution in [0, 0.1) is 0 Å². The first-order valence-corrected chi connectivity index (χ1v) is 12.7. The summed E-state index contributed by atoms with van der Waals surface area (Å²) in [6.45, 7) is 0.542. The van der Waals surface area contributed by atoms with Crippen LogP contribution >= 0.6 is 0 Å². The number of ether oxygens (including phenoxy) is 2. The lowest BCUT2D eigenvalue weighted by atomic mass is 9.93. The number of hydrazone groups is 1. The molecular formula is C33H26N2O2. The van der Waals surface area contributed by atoms with Gasteiger partial charge in [-0.15, -0.1) is 0 Å². The van der Waals surface area contributed by atoms with Gasteiger partial charge in [-0.2, -0.15) is 5.10 Å². The minimum atomic E-state index is -0.310. The molecule has 4 nitrogen and oxygen atoms in total. The smallest absolute Gasteiger partial charge is 0.213 e. The SMILES string of the molecule is c1ccc(COc2ccc([C@@H]3Oc4ccccc4[C@H]4CC(c5cccc6ccccc56)=NN43)cc2)cc1. The van der Waals surface area contributed by atoms with Crippen molar-refractivity contribution in [1.82, 2.24) is 5.01 Å². The summed E-state index contributed by atoms with van der Waals surface area (Å²) in [6.07, 6.45) is 0.527. The zero-order valence-corrected chi connectivity index (χ0v) is 20.3. The Bertz CT molecular complexity index is 1590. The zero-order valence-electron chi connectivity index (χ0n) is 20.3. The molecule has 0 saturated carbocycles. The number of para-hydroxylation sites is 1. The number of nitrogens with zero attached hydrogens (tertiary/aromatic N) is 2. The molecule has 5 aromatic rings. The van der Waals surface area contributed by atoms with Gasteiger partial charge in [0, 0.05) is 23.1 Å². The highest BCUT2D eigenvalue weighted by atomic mass is 16.5. The summed E-state index contributed by atoms with van der Waals surface area (Å²) < 4.78 is 12.6. The molecule has 0 radical (unpaired) electrons. The van der Waals surface area contributed by atoms with Crippen LogP contribution < -0.4 is 9.47 Å². The predicted molar refractivity (Wildman–Crippen MR) is 147 cm³/mol. The average Bonchev–Trinajstić information content (AvgIpc) is 3.42. The number of benzene rings is 5. The minimum Gasteiger partial charge on any atom is -0.489 e. The summed E-state index contributed by atoms with van der Waals surface area (Å²) in [5, 5.41) is 9.78. The van der Waals surface area contributed by atoms with E-state index in [4.69, 9.17) is 14.6 Å². The second kappa shape index (κ2) is 9.14. The van der Waals surface area contributed by atoms with Crippen molar-refractivity contribution in [3.05, 3.63) is 144 Å². The summed E-state index contributed by atoms with van der Waals surface area (Å²) in [7, 11) is 0. The first kappa shape index (κ1) is 21.7. The molecule has 0 amide bonds. The van der Waals surface area contributed by atoms with Gasteiger partial charge in [0.05, 0.1) is 11.8 Å². The molecule has 0 spiro atoms. The van der Waals surface area contributed by atoms with E-state index in [1.54, 1.807) is 0 Å². The fourth-order valence-corrected chi connectivity index (χ4v) is 5.36. The number of rotatable bonds is 5. The predicted octanol–water partition coefficient (Wildman–Crippen LogP) is 7.66. The van der Waals surface area contributed by atoms with Crippen molar-refractivity contribution in [2.24, 2.45) is 5.10 Å². The zero-order chi connectivity index (χ0) is 24.6. The molecule has 0 aromatic heterocycles. The van der Waals surface area contributed by atoms with Gasteiger partial charge in [0.25, 0.3) is 0 Å². The molecule has 5 aromatic carbocycles. The van der Waals surface area contributed by atoms with Crippen LogP contribution in [0.3, 0.4) is 0 Å². The minimum absolute atomic E-state index is 0.123. The normalized spacial score (nSPS) is 18.1. The van der Waals surface area contributed by atoms with Crippen molar-refractivity contribution in [3.8, 4) is 11.5 Å². The maximum absolute atomic E-state index is 6.55. The van der Waals surface area contributed by atoms with E-state index >= 15 is 0 Å². The lowest BCUT2D eigenvalue weighted by Gasteiger charge is -2.38. The number of hydrogen-bond donors (Lipinski definition) is 0. The van der Waals surface area contributed by atoms with Crippen molar-refractivity contribution >= 4 is 16.5 Å². The Morgan fingerprint density at radius 2 is 1.51 bits per heavy atom. The van der Waals surface area contributed by atoms with Crippen molar-refractivity contribution in [2.75, 3.05) is 0 Å². The maximum Gasteiger partial charge on any atom is 0.213 e. The number of hydrogen-bond acceptors (Lipinski definition) is 4. The topological polar surface area (TPSA) is 34.1 Å². The van der Waals surface area contributed by atoms with E-state index in [9.17, 15) is 0 Å². The Labute approximate surface area is 216 Å². The van der Waals surface area contributed by atoms with Gasteiger partial charge in [-0.3, -0.25) is 0 Å². The van der Waals surface area contributed by atoms with Gasteiger partial charge >= 0.3 is 0 Å². The standard InChI is InChI=1S/C33H26N2O2/c1-2-9-23(10-3-1)22-36-26-19-17-25(18-20-26)33-35-31(29-14-6-7-16-32(29)37-33)21-30(34-35)28-15-8-12-24-11-4-5-13-27(24)28/h1-20,31,33H,21-22H2/t31-,33+/m1/s1. The van der Waals surface area contributed by atoms with Gasteiger partial charge in [0.15, 0.2) is 0 Å². The van der Waals surface area contributed by atoms with Crippen LogP contribution in [0.25, 0.3) is 10.8 Å². The molecule has 0 saturated heterocycles. The monoisotopic (exact) mass is 482 g/mol. The maximum atomic E-state index is 6.55. The van der Waals surface area contributed by atoms with Crippen molar-refractivity contribution in [2.45, 2.75) is 25.3 Å². The average molecular weight is 483 g/mol. The quantitative estimate of drug-likeness (QED) is 0.258. The van der Waals surface area contributed by atoms with E-state index in [-0.39, 0.29) is 12.3 Å². The largest absolute Gasteiger partial charge is 0.489 e. The van der Waals surface area contributed by atoms with Gasteiger partial charge in [0.1, 0.15) is 18.1 Å². The fourth-order valence-electron chi connectivity index (χ4n) is 5.36. The summed E-state index contributed by atoms with van der Waals surface area (Å²) in [5.41, 5.74) is 5.66. The molecule has 0 N–H and O–H groups in total. The third-order valence-corrected chi connectivity index (χ3v) is 7.21. The molecule has 0 unspecified atom stereocenters. The van der Waals surface area contributed by atoms with Crippen molar-refractivity contribution in [1.29, 1.82) is 0 Å². The van der Waals surface area contributed by atoms with Crippen LogP contribution in [0.5, 0.6) is 11.5 Å². The molecular weight excluding hydrogens is 456 g/mol. The highest BCUT2D eigenvalue weighted by Crippen LogP contribution is 2.47. The Kier molecular flexibility index (Phi) is 5.36. The van der Waals surface area contributed by atoms with Crippen molar-refractivity contribution in [3.63, 3.8) is 0 Å². The van der Waals surface area contributed by atoms with Crippen LogP contribution in [0.2, 0.25) is 0 Å². The van der Waals surface area contributed by atoms with E-state index in [1.165, 1.54) is 21.9 Å². The summed E-state index contributed by atoms with van der Waals surface area (Å²) in [5.74, 6) is 1.76. The van der Waals surface area contributed by atoms with Crippen LogP contribution in [-0.4, -0.2) is 10.7 Å². The highest BCUT2D eigenvalue weighted by molar-refractivity contribution is 6.11. The molecule has 0 bridgehead atoms. The fraction of sp³-hybridized carbons (Fsp3) is 0.121. The first-order chi connectivity index (χ1) is 18.3. The molecule has 0 aliphatic carbocycles. The Hall–Kier alpha value is -4.57.